The molecule has 0 aromatic heterocycles. The SMILES string of the molecule is CCOc1cc(CNc2ccc(OC)c(Br)c2)ccc1O. The zero-order valence-electron chi connectivity index (χ0n) is 12.0. The third-order valence-electron chi connectivity index (χ3n) is 2.97. The monoisotopic (exact) mass is 351 g/mol. The van der Waals surface area contributed by atoms with Crippen molar-refractivity contribution >= 4 is 21.6 Å². The third-order valence-corrected chi connectivity index (χ3v) is 3.59. The van der Waals surface area contributed by atoms with Crippen molar-refractivity contribution in [1.82, 2.24) is 0 Å². The van der Waals surface area contributed by atoms with E-state index < -0.39 is 0 Å². The van der Waals surface area contributed by atoms with Crippen LogP contribution in [0.15, 0.2) is 40.9 Å². The number of halogens is 1. The van der Waals surface area contributed by atoms with Crippen molar-refractivity contribution in [2.24, 2.45) is 0 Å². The second kappa shape index (κ2) is 7.22. The molecule has 112 valence electrons. The maximum absolute atomic E-state index is 9.68. The number of hydrogen-bond donors (Lipinski definition) is 2. The molecule has 0 unspecified atom stereocenters. The average molecular weight is 352 g/mol. The van der Waals surface area contributed by atoms with Gasteiger partial charge < -0.3 is 19.9 Å². The van der Waals surface area contributed by atoms with Gasteiger partial charge in [0, 0.05) is 12.2 Å². The lowest BCUT2D eigenvalue weighted by atomic mass is 10.2. The Hall–Kier alpha value is -1.88. The molecule has 0 saturated carbocycles. The molecular weight excluding hydrogens is 334 g/mol. The van der Waals surface area contributed by atoms with E-state index in [-0.39, 0.29) is 5.75 Å². The molecule has 4 nitrogen and oxygen atoms in total. The van der Waals surface area contributed by atoms with Gasteiger partial charge in [-0.25, -0.2) is 0 Å². The topological polar surface area (TPSA) is 50.7 Å². The summed E-state index contributed by atoms with van der Waals surface area (Å²) in [5.41, 5.74) is 2.01. The minimum atomic E-state index is 0.160. The van der Waals surface area contributed by atoms with Crippen LogP contribution in [0.1, 0.15) is 12.5 Å². The standard InChI is InChI=1S/C16H18BrNO3/c1-3-21-16-8-11(4-6-14(16)19)10-18-12-5-7-15(20-2)13(17)9-12/h4-9,18-19H,3,10H2,1-2H3. The molecular formula is C16H18BrNO3. The van der Waals surface area contributed by atoms with E-state index in [2.05, 4.69) is 21.2 Å². The van der Waals surface area contributed by atoms with Crippen LogP contribution in [0.4, 0.5) is 5.69 Å². The van der Waals surface area contributed by atoms with Gasteiger partial charge in [-0.1, -0.05) is 6.07 Å². The summed E-state index contributed by atoms with van der Waals surface area (Å²) in [6.07, 6.45) is 0. The Bertz CT molecular complexity index is 616. The molecule has 2 rings (SSSR count). The Labute approximate surface area is 132 Å². The zero-order valence-corrected chi connectivity index (χ0v) is 13.6. The maximum Gasteiger partial charge on any atom is 0.161 e. The smallest absolute Gasteiger partial charge is 0.161 e. The van der Waals surface area contributed by atoms with Gasteiger partial charge in [0.05, 0.1) is 18.2 Å². The fourth-order valence-electron chi connectivity index (χ4n) is 1.92. The second-order valence-electron chi connectivity index (χ2n) is 4.44. The summed E-state index contributed by atoms with van der Waals surface area (Å²) in [7, 11) is 1.64. The molecule has 0 aliphatic carbocycles. The lowest BCUT2D eigenvalue weighted by Gasteiger charge is -2.11. The Morgan fingerprint density at radius 2 is 1.95 bits per heavy atom. The first-order valence-electron chi connectivity index (χ1n) is 6.66. The van der Waals surface area contributed by atoms with Crippen molar-refractivity contribution < 1.29 is 14.6 Å². The first-order chi connectivity index (χ1) is 10.1. The Morgan fingerprint density at radius 3 is 2.62 bits per heavy atom. The van der Waals surface area contributed by atoms with Crippen LogP contribution in [0.3, 0.4) is 0 Å². The molecule has 0 saturated heterocycles. The van der Waals surface area contributed by atoms with E-state index in [1.165, 1.54) is 0 Å². The number of benzene rings is 2. The van der Waals surface area contributed by atoms with Gasteiger partial charge in [-0.3, -0.25) is 0 Å². The van der Waals surface area contributed by atoms with E-state index in [4.69, 9.17) is 9.47 Å². The first kappa shape index (κ1) is 15.5. The minimum absolute atomic E-state index is 0.160. The molecule has 0 radical (unpaired) electrons. The lowest BCUT2D eigenvalue weighted by Crippen LogP contribution is -2.00. The molecule has 0 aliphatic rings. The number of phenols is 1. The summed E-state index contributed by atoms with van der Waals surface area (Å²) in [6.45, 7) is 3.05. The molecule has 0 atom stereocenters. The number of nitrogens with one attached hydrogen (secondary N) is 1. The summed E-state index contributed by atoms with van der Waals surface area (Å²) < 4.78 is 11.5. The van der Waals surface area contributed by atoms with Crippen molar-refractivity contribution in [2.75, 3.05) is 19.0 Å². The van der Waals surface area contributed by atoms with Crippen LogP contribution in [-0.4, -0.2) is 18.8 Å². The highest BCUT2D eigenvalue weighted by atomic mass is 79.9. The number of rotatable bonds is 6. The molecule has 0 heterocycles. The third kappa shape index (κ3) is 4.04. The van der Waals surface area contributed by atoms with Crippen molar-refractivity contribution in [2.45, 2.75) is 13.5 Å². The van der Waals surface area contributed by atoms with E-state index in [0.29, 0.717) is 18.9 Å². The molecule has 0 amide bonds. The molecule has 0 bridgehead atoms. The van der Waals surface area contributed by atoms with Gasteiger partial charge in [-0.05, 0) is 58.7 Å². The van der Waals surface area contributed by atoms with Gasteiger partial charge in [0.25, 0.3) is 0 Å². The Morgan fingerprint density at radius 1 is 1.14 bits per heavy atom. The predicted molar refractivity (Wildman–Crippen MR) is 87.3 cm³/mol. The summed E-state index contributed by atoms with van der Waals surface area (Å²) in [6, 6.07) is 11.2. The number of anilines is 1. The van der Waals surface area contributed by atoms with Crippen LogP contribution < -0.4 is 14.8 Å². The summed E-state index contributed by atoms with van der Waals surface area (Å²) >= 11 is 3.46. The van der Waals surface area contributed by atoms with Crippen molar-refractivity contribution in [3.8, 4) is 17.2 Å². The molecule has 2 aromatic carbocycles. The fourth-order valence-corrected chi connectivity index (χ4v) is 2.46. The van der Waals surface area contributed by atoms with Gasteiger partial charge in [0.15, 0.2) is 11.5 Å². The quantitative estimate of drug-likeness (QED) is 0.819. The molecule has 2 aromatic rings. The van der Waals surface area contributed by atoms with E-state index in [0.717, 1.165) is 21.5 Å². The number of phenolic OH excluding ortho intramolecular Hbond substituents is 1. The summed E-state index contributed by atoms with van der Waals surface area (Å²) in [4.78, 5) is 0. The van der Waals surface area contributed by atoms with E-state index in [9.17, 15) is 5.11 Å². The molecule has 0 fully saturated rings. The van der Waals surface area contributed by atoms with Crippen LogP contribution in [0.2, 0.25) is 0 Å². The highest BCUT2D eigenvalue weighted by Gasteiger charge is 2.05. The van der Waals surface area contributed by atoms with E-state index in [1.807, 2.05) is 37.3 Å². The first-order valence-corrected chi connectivity index (χ1v) is 7.45. The molecule has 0 spiro atoms. The maximum atomic E-state index is 9.68. The molecule has 2 N–H and O–H groups in total. The Balaban J connectivity index is 2.06. The van der Waals surface area contributed by atoms with Crippen LogP contribution in [0, 0.1) is 0 Å². The average Bonchev–Trinajstić information content (AvgIpc) is 2.48. The highest BCUT2D eigenvalue weighted by molar-refractivity contribution is 9.10. The van der Waals surface area contributed by atoms with Gasteiger partial charge in [-0.15, -0.1) is 0 Å². The minimum Gasteiger partial charge on any atom is -0.504 e. The van der Waals surface area contributed by atoms with Gasteiger partial charge in [-0.2, -0.15) is 0 Å². The van der Waals surface area contributed by atoms with Crippen molar-refractivity contribution in [3.05, 3.63) is 46.4 Å². The second-order valence-corrected chi connectivity index (χ2v) is 5.29. The lowest BCUT2D eigenvalue weighted by molar-refractivity contribution is 0.318. The highest BCUT2D eigenvalue weighted by Crippen LogP contribution is 2.29. The van der Waals surface area contributed by atoms with Crippen LogP contribution in [0.5, 0.6) is 17.2 Å². The van der Waals surface area contributed by atoms with Gasteiger partial charge in [0.1, 0.15) is 5.75 Å². The van der Waals surface area contributed by atoms with Crippen LogP contribution in [-0.2, 0) is 6.54 Å². The van der Waals surface area contributed by atoms with Crippen LogP contribution in [0.25, 0.3) is 0 Å². The van der Waals surface area contributed by atoms with Crippen molar-refractivity contribution in [3.63, 3.8) is 0 Å². The normalized spacial score (nSPS) is 10.2. The van der Waals surface area contributed by atoms with Gasteiger partial charge in [0.2, 0.25) is 0 Å². The predicted octanol–water partition coefficient (Wildman–Crippen LogP) is 4.17. The van der Waals surface area contributed by atoms with Crippen LogP contribution >= 0.6 is 15.9 Å². The number of hydrogen-bond acceptors (Lipinski definition) is 4. The van der Waals surface area contributed by atoms with E-state index >= 15 is 0 Å². The zero-order chi connectivity index (χ0) is 15.2. The fraction of sp³-hybridized carbons (Fsp3) is 0.250. The molecule has 0 aliphatic heterocycles. The molecule has 21 heavy (non-hydrogen) atoms. The molecule has 5 heteroatoms. The summed E-state index contributed by atoms with van der Waals surface area (Å²) in [5, 5.41) is 13.0. The number of methoxy groups -OCH3 is 1. The van der Waals surface area contributed by atoms with E-state index in [1.54, 1.807) is 13.2 Å². The summed E-state index contributed by atoms with van der Waals surface area (Å²) in [5.74, 6) is 1.46. The van der Waals surface area contributed by atoms with Crippen molar-refractivity contribution in [1.29, 1.82) is 0 Å². The number of ether oxygens (including phenoxy) is 2. The van der Waals surface area contributed by atoms with Gasteiger partial charge >= 0.3 is 0 Å². The Kier molecular flexibility index (Phi) is 5.33. The number of aromatic hydroxyl groups is 1. The largest absolute Gasteiger partial charge is 0.504 e.